The monoisotopic (exact) mass is 289 g/mol. The number of nitro benzene ring substituents is 1. The standard InChI is InChI=1S/C15H15NO5/c1-19-13-9-8-11(14(20-2)15(13)21-3)10-6-4-5-7-12(10)16(17)18/h4-9H,1-3H3. The van der Waals surface area contributed by atoms with Crippen LogP contribution in [0.5, 0.6) is 17.2 Å². The van der Waals surface area contributed by atoms with Crippen molar-refractivity contribution in [2.75, 3.05) is 21.3 Å². The van der Waals surface area contributed by atoms with Gasteiger partial charge in [-0.05, 0) is 18.2 Å². The van der Waals surface area contributed by atoms with Gasteiger partial charge in [-0.25, -0.2) is 0 Å². The molecule has 21 heavy (non-hydrogen) atoms. The van der Waals surface area contributed by atoms with E-state index in [1.807, 2.05) is 0 Å². The van der Waals surface area contributed by atoms with Gasteiger partial charge in [-0.1, -0.05) is 12.1 Å². The summed E-state index contributed by atoms with van der Waals surface area (Å²) < 4.78 is 15.9. The number of nitrogens with zero attached hydrogens (tertiary/aromatic N) is 1. The van der Waals surface area contributed by atoms with Gasteiger partial charge in [0, 0.05) is 11.6 Å². The lowest BCUT2D eigenvalue weighted by molar-refractivity contribution is -0.384. The molecule has 0 aliphatic carbocycles. The maximum Gasteiger partial charge on any atom is 0.277 e. The van der Waals surface area contributed by atoms with E-state index in [0.29, 0.717) is 28.4 Å². The predicted molar refractivity (Wildman–Crippen MR) is 78.2 cm³/mol. The quantitative estimate of drug-likeness (QED) is 0.624. The van der Waals surface area contributed by atoms with Gasteiger partial charge in [-0.2, -0.15) is 0 Å². The molecule has 0 saturated heterocycles. The molecule has 0 atom stereocenters. The maximum absolute atomic E-state index is 11.2. The first-order valence-electron chi connectivity index (χ1n) is 6.16. The van der Waals surface area contributed by atoms with Crippen molar-refractivity contribution in [1.82, 2.24) is 0 Å². The summed E-state index contributed by atoms with van der Waals surface area (Å²) in [7, 11) is 4.49. The second-order valence-electron chi connectivity index (χ2n) is 4.16. The van der Waals surface area contributed by atoms with E-state index in [1.54, 1.807) is 30.3 Å². The molecule has 0 aliphatic rings. The molecule has 0 amide bonds. The summed E-state index contributed by atoms with van der Waals surface area (Å²) in [6.45, 7) is 0. The van der Waals surface area contributed by atoms with E-state index >= 15 is 0 Å². The Kier molecular flexibility index (Phi) is 4.27. The van der Waals surface area contributed by atoms with Gasteiger partial charge in [-0.15, -0.1) is 0 Å². The maximum atomic E-state index is 11.2. The lowest BCUT2D eigenvalue weighted by atomic mass is 10.0. The zero-order valence-electron chi connectivity index (χ0n) is 12.0. The molecule has 0 unspecified atom stereocenters. The summed E-state index contributed by atoms with van der Waals surface area (Å²) in [5.41, 5.74) is 1.03. The number of nitro groups is 1. The average molecular weight is 289 g/mol. The van der Waals surface area contributed by atoms with Gasteiger partial charge in [0.15, 0.2) is 11.5 Å². The lowest BCUT2D eigenvalue weighted by Crippen LogP contribution is -1.98. The Morgan fingerprint density at radius 1 is 0.857 bits per heavy atom. The SMILES string of the molecule is COc1ccc(-c2ccccc2[N+](=O)[O-])c(OC)c1OC. The number of hydrogen-bond acceptors (Lipinski definition) is 5. The normalized spacial score (nSPS) is 10.0. The zero-order chi connectivity index (χ0) is 15.4. The molecule has 2 aromatic rings. The molecule has 2 rings (SSSR count). The van der Waals surface area contributed by atoms with Crippen LogP contribution in [0.2, 0.25) is 0 Å². The highest BCUT2D eigenvalue weighted by atomic mass is 16.6. The predicted octanol–water partition coefficient (Wildman–Crippen LogP) is 3.29. The van der Waals surface area contributed by atoms with E-state index in [2.05, 4.69) is 0 Å². The number of ether oxygens (including phenoxy) is 3. The second kappa shape index (κ2) is 6.13. The first kappa shape index (κ1) is 14.6. The second-order valence-corrected chi connectivity index (χ2v) is 4.16. The van der Waals surface area contributed by atoms with Crippen LogP contribution in [-0.4, -0.2) is 26.3 Å². The van der Waals surface area contributed by atoms with Gasteiger partial charge in [0.05, 0.1) is 31.8 Å². The molecule has 0 heterocycles. The average Bonchev–Trinajstić information content (AvgIpc) is 2.53. The van der Waals surface area contributed by atoms with E-state index in [9.17, 15) is 10.1 Å². The topological polar surface area (TPSA) is 70.8 Å². The van der Waals surface area contributed by atoms with Gasteiger partial charge in [-0.3, -0.25) is 10.1 Å². The highest BCUT2D eigenvalue weighted by Gasteiger charge is 2.22. The van der Waals surface area contributed by atoms with Crippen molar-refractivity contribution < 1.29 is 19.1 Å². The van der Waals surface area contributed by atoms with Crippen LogP contribution < -0.4 is 14.2 Å². The fraction of sp³-hybridized carbons (Fsp3) is 0.200. The molecular weight excluding hydrogens is 274 g/mol. The van der Waals surface area contributed by atoms with E-state index in [0.717, 1.165) is 0 Å². The molecule has 0 N–H and O–H groups in total. The summed E-state index contributed by atoms with van der Waals surface area (Å²) in [6, 6.07) is 9.87. The molecule has 2 aromatic carbocycles. The van der Waals surface area contributed by atoms with Gasteiger partial charge in [0.1, 0.15) is 0 Å². The van der Waals surface area contributed by atoms with Crippen molar-refractivity contribution in [2.24, 2.45) is 0 Å². The molecule has 0 spiro atoms. The molecular formula is C15H15NO5. The Morgan fingerprint density at radius 2 is 1.52 bits per heavy atom. The van der Waals surface area contributed by atoms with Crippen molar-refractivity contribution in [2.45, 2.75) is 0 Å². The van der Waals surface area contributed by atoms with Crippen LogP contribution in [0.25, 0.3) is 11.1 Å². The number of hydrogen-bond donors (Lipinski definition) is 0. The largest absolute Gasteiger partial charge is 0.493 e. The van der Waals surface area contributed by atoms with E-state index in [-0.39, 0.29) is 5.69 Å². The Hall–Kier alpha value is -2.76. The van der Waals surface area contributed by atoms with Crippen LogP contribution in [0.3, 0.4) is 0 Å². The zero-order valence-corrected chi connectivity index (χ0v) is 12.0. The molecule has 6 heteroatoms. The van der Waals surface area contributed by atoms with Crippen molar-refractivity contribution >= 4 is 5.69 Å². The van der Waals surface area contributed by atoms with Gasteiger partial charge in [0.25, 0.3) is 5.69 Å². The van der Waals surface area contributed by atoms with Gasteiger partial charge >= 0.3 is 0 Å². The Bertz CT molecular complexity index is 669. The van der Waals surface area contributed by atoms with Crippen LogP contribution in [0, 0.1) is 10.1 Å². The number of rotatable bonds is 5. The van der Waals surface area contributed by atoms with Gasteiger partial charge < -0.3 is 14.2 Å². The summed E-state index contributed by atoms with van der Waals surface area (Å²) >= 11 is 0. The van der Waals surface area contributed by atoms with Crippen molar-refractivity contribution in [3.05, 3.63) is 46.5 Å². The highest BCUT2D eigenvalue weighted by Crippen LogP contribution is 2.46. The van der Waals surface area contributed by atoms with Crippen molar-refractivity contribution in [3.8, 4) is 28.4 Å². The molecule has 0 aliphatic heterocycles. The molecule has 0 saturated carbocycles. The van der Waals surface area contributed by atoms with Crippen molar-refractivity contribution in [1.29, 1.82) is 0 Å². The van der Waals surface area contributed by atoms with Gasteiger partial charge in [0.2, 0.25) is 5.75 Å². The van der Waals surface area contributed by atoms with E-state index < -0.39 is 4.92 Å². The third-order valence-corrected chi connectivity index (χ3v) is 3.10. The minimum atomic E-state index is -0.425. The van der Waals surface area contributed by atoms with Crippen LogP contribution in [0.15, 0.2) is 36.4 Å². The third-order valence-electron chi connectivity index (χ3n) is 3.10. The number of methoxy groups -OCH3 is 3. The van der Waals surface area contributed by atoms with Crippen LogP contribution in [0.1, 0.15) is 0 Å². The third kappa shape index (κ3) is 2.60. The lowest BCUT2D eigenvalue weighted by Gasteiger charge is -2.15. The number of para-hydroxylation sites is 1. The fourth-order valence-corrected chi connectivity index (χ4v) is 2.17. The molecule has 0 radical (unpaired) electrons. The van der Waals surface area contributed by atoms with Crippen LogP contribution >= 0.6 is 0 Å². The molecule has 0 bridgehead atoms. The van der Waals surface area contributed by atoms with E-state index in [4.69, 9.17) is 14.2 Å². The van der Waals surface area contributed by atoms with Crippen molar-refractivity contribution in [3.63, 3.8) is 0 Å². The highest BCUT2D eigenvalue weighted by molar-refractivity contribution is 5.81. The fourth-order valence-electron chi connectivity index (χ4n) is 2.17. The van der Waals surface area contributed by atoms with Crippen LogP contribution in [0.4, 0.5) is 5.69 Å². The Balaban J connectivity index is 2.73. The summed E-state index contributed by atoms with van der Waals surface area (Å²) in [5, 5.41) is 11.2. The minimum absolute atomic E-state index is 0.00280. The molecule has 6 nitrogen and oxygen atoms in total. The first-order chi connectivity index (χ1) is 10.1. The molecule has 0 fully saturated rings. The Labute approximate surface area is 122 Å². The molecule has 110 valence electrons. The Morgan fingerprint density at radius 3 is 2.10 bits per heavy atom. The smallest absolute Gasteiger partial charge is 0.277 e. The summed E-state index contributed by atoms with van der Waals surface area (Å²) in [6.07, 6.45) is 0. The van der Waals surface area contributed by atoms with E-state index in [1.165, 1.54) is 27.4 Å². The minimum Gasteiger partial charge on any atom is -0.493 e. The summed E-state index contributed by atoms with van der Waals surface area (Å²) in [4.78, 5) is 10.8. The molecule has 0 aromatic heterocycles. The first-order valence-corrected chi connectivity index (χ1v) is 6.16. The summed E-state index contributed by atoms with van der Waals surface area (Å²) in [5.74, 6) is 1.29. The number of benzene rings is 2. The van der Waals surface area contributed by atoms with Crippen LogP contribution in [-0.2, 0) is 0 Å².